The third-order valence-electron chi connectivity index (χ3n) is 6.51. The van der Waals surface area contributed by atoms with Crippen LogP contribution in [0.2, 0.25) is 0 Å². The molecule has 6 aromatic rings. The highest BCUT2D eigenvalue weighted by Crippen LogP contribution is 2.29. The van der Waals surface area contributed by atoms with Crippen molar-refractivity contribution in [2.45, 2.75) is 12.8 Å². The summed E-state index contributed by atoms with van der Waals surface area (Å²) in [6.45, 7) is 2.57. The van der Waals surface area contributed by atoms with Crippen LogP contribution in [0, 0.1) is 6.92 Å². The molecule has 3 N–H and O–H groups in total. The van der Waals surface area contributed by atoms with E-state index in [1.54, 1.807) is 24.9 Å². The average molecular weight is 488 g/mol. The number of nitrogens with one attached hydrogen (secondary N) is 3. The van der Waals surface area contributed by atoms with Gasteiger partial charge in [0.1, 0.15) is 11.4 Å². The number of imidazole rings is 2. The number of hydrogen-bond donors (Lipinski definition) is 3. The van der Waals surface area contributed by atoms with Gasteiger partial charge >= 0.3 is 0 Å². The van der Waals surface area contributed by atoms with Crippen LogP contribution in [0.1, 0.15) is 22.7 Å². The Morgan fingerprint density at radius 1 is 1.03 bits per heavy atom. The number of nitrogens with zero attached hydrogens (tertiary/aromatic N) is 4. The summed E-state index contributed by atoms with van der Waals surface area (Å²) in [6, 6.07) is 22.1. The Bertz CT molecular complexity index is 1670. The summed E-state index contributed by atoms with van der Waals surface area (Å²) in [5, 5.41) is 3.51. The average Bonchev–Trinajstić information content (AvgIpc) is 3.61. The molecule has 1 atom stereocenters. The summed E-state index contributed by atoms with van der Waals surface area (Å²) >= 11 is 0. The number of hydrogen-bond acceptors (Lipinski definition) is 5. The van der Waals surface area contributed by atoms with Crippen LogP contribution >= 0.6 is 0 Å². The molecule has 8 nitrogen and oxygen atoms in total. The van der Waals surface area contributed by atoms with E-state index in [0.717, 1.165) is 33.5 Å². The molecular weight excluding hydrogens is 462 g/mol. The first-order valence-electron chi connectivity index (χ1n) is 12.1. The summed E-state index contributed by atoms with van der Waals surface area (Å²) < 4.78 is 1.94. The number of aromatic nitrogens is 6. The lowest BCUT2D eigenvalue weighted by molar-refractivity contribution is 0.816. The minimum absolute atomic E-state index is 0.00481. The van der Waals surface area contributed by atoms with Crippen molar-refractivity contribution >= 4 is 16.7 Å². The second-order valence-corrected chi connectivity index (χ2v) is 8.91. The monoisotopic (exact) mass is 487 g/mol. The first-order chi connectivity index (χ1) is 18.2. The lowest BCUT2D eigenvalue weighted by atomic mass is 9.95. The molecule has 2 aromatic carbocycles. The quantitative estimate of drug-likeness (QED) is 0.292. The van der Waals surface area contributed by atoms with Crippen molar-refractivity contribution in [1.29, 1.82) is 0 Å². The summed E-state index contributed by atoms with van der Waals surface area (Å²) in [5.41, 5.74) is 6.70. The van der Waals surface area contributed by atoms with Crippen LogP contribution in [-0.2, 0) is 0 Å². The van der Waals surface area contributed by atoms with Gasteiger partial charge in [0.05, 0.1) is 23.0 Å². The van der Waals surface area contributed by atoms with Gasteiger partial charge in [0.2, 0.25) is 0 Å². The highest BCUT2D eigenvalue weighted by molar-refractivity contribution is 5.86. The van der Waals surface area contributed by atoms with Crippen molar-refractivity contribution in [3.63, 3.8) is 0 Å². The second-order valence-electron chi connectivity index (χ2n) is 8.91. The molecule has 0 aliphatic carbocycles. The molecule has 4 aromatic heterocycles. The van der Waals surface area contributed by atoms with Crippen molar-refractivity contribution in [3.05, 3.63) is 125 Å². The second kappa shape index (κ2) is 9.58. The van der Waals surface area contributed by atoms with E-state index in [2.05, 4.69) is 43.5 Å². The summed E-state index contributed by atoms with van der Waals surface area (Å²) in [7, 11) is 0. The fraction of sp³-hybridized carbons (Fsp3) is 0.103. The van der Waals surface area contributed by atoms with Gasteiger partial charge in [-0.2, -0.15) is 0 Å². The van der Waals surface area contributed by atoms with E-state index in [1.807, 2.05) is 66.2 Å². The van der Waals surface area contributed by atoms with Crippen LogP contribution in [0.5, 0.6) is 0 Å². The maximum atomic E-state index is 13.1. The van der Waals surface area contributed by atoms with Gasteiger partial charge in [0.25, 0.3) is 5.56 Å². The highest BCUT2D eigenvalue weighted by atomic mass is 16.1. The molecule has 182 valence electrons. The third kappa shape index (κ3) is 4.40. The Morgan fingerprint density at radius 3 is 2.68 bits per heavy atom. The molecule has 6 rings (SSSR count). The Balaban J connectivity index is 1.37. The van der Waals surface area contributed by atoms with Gasteiger partial charge in [0, 0.05) is 48.6 Å². The van der Waals surface area contributed by atoms with Crippen molar-refractivity contribution < 1.29 is 0 Å². The van der Waals surface area contributed by atoms with Crippen LogP contribution in [0.25, 0.3) is 28.1 Å². The van der Waals surface area contributed by atoms with Gasteiger partial charge in [-0.3, -0.25) is 9.78 Å². The normalized spacial score (nSPS) is 12.0. The van der Waals surface area contributed by atoms with E-state index >= 15 is 0 Å². The van der Waals surface area contributed by atoms with Crippen molar-refractivity contribution in [2.24, 2.45) is 0 Å². The smallest absolute Gasteiger partial charge is 0.261 e. The number of rotatable bonds is 7. The molecule has 4 heterocycles. The van der Waals surface area contributed by atoms with Crippen LogP contribution in [-0.4, -0.2) is 36.0 Å². The van der Waals surface area contributed by atoms with E-state index in [1.165, 1.54) is 0 Å². The molecule has 8 heteroatoms. The van der Waals surface area contributed by atoms with Crippen molar-refractivity contribution in [1.82, 2.24) is 29.5 Å². The molecule has 0 saturated carbocycles. The molecule has 37 heavy (non-hydrogen) atoms. The Labute approximate surface area is 213 Å². The number of H-pyrrole nitrogens is 2. The predicted octanol–water partition coefficient (Wildman–Crippen LogP) is 5.05. The Hall–Kier alpha value is -4.98. The van der Waals surface area contributed by atoms with E-state index in [9.17, 15) is 4.79 Å². The van der Waals surface area contributed by atoms with Crippen molar-refractivity contribution in [3.8, 4) is 17.1 Å². The van der Waals surface area contributed by atoms with Crippen LogP contribution in [0.15, 0.2) is 103 Å². The summed E-state index contributed by atoms with van der Waals surface area (Å²) in [6.07, 6.45) is 8.85. The van der Waals surface area contributed by atoms with Gasteiger partial charge in [0.15, 0.2) is 0 Å². The molecule has 0 amide bonds. The minimum atomic E-state index is -0.217. The molecule has 1 unspecified atom stereocenters. The molecule has 0 aliphatic heterocycles. The number of fused-ring (bicyclic) bond motifs is 1. The van der Waals surface area contributed by atoms with Gasteiger partial charge in [-0.15, -0.1) is 0 Å². The molecule has 0 radical (unpaired) electrons. The zero-order valence-corrected chi connectivity index (χ0v) is 20.2. The molecule has 0 fully saturated rings. The zero-order valence-electron chi connectivity index (χ0n) is 20.2. The van der Waals surface area contributed by atoms with Gasteiger partial charge < -0.3 is 19.9 Å². The van der Waals surface area contributed by atoms with E-state index in [-0.39, 0.29) is 11.5 Å². The highest BCUT2D eigenvalue weighted by Gasteiger charge is 2.19. The van der Waals surface area contributed by atoms with E-state index in [4.69, 9.17) is 4.98 Å². The first kappa shape index (κ1) is 22.5. The number of pyridine rings is 2. The topological polar surface area (TPSA) is 104 Å². The number of aromatic amines is 2. The molecule has 0 bridgehead atoms. The first-order valence-corrected chi connectivity index (χ1v) is 12.1. The number of anilines is 1. The predicted molar refractivity (Wildman–Crippen MR) is 145 cm³/mol. The number of aryl methyl sites for hydroxylation is 1. The molecular formula is C29H25N7O. The Morgan fingerprint density at radius 2 is 1.89 bits per heavy atom. The SMILES string of the molecule is Cc1cc(-n2ccnc2)cc2[nH]c(-c3c(NCC(c4ccccc4)c4ccccn4)cc[nH]c3=O)nc12. The third-order valence-corrected chi connectivity index (χ3v) is 6.51. The fourth-order valence-electron chi connectivity index (χ4n) is 4.68. The summed E-state index contributed by atoms with van der Waals surface area (Å²) in [5.74, 6) is 0.518. The van der Waals surface area contributed by atoms with E-state index in [0.29, 0.717) is 23.6 Å². The van der Waals surface area contributed by atoms with Crippen molar-refractivity contribution in [2.75, 3.05) is 11.9 Å². The lowest BCUT2D eigenvalue weighted by Gasteiger charge is -2.19. The maximum absolute atomic E-state index is 13.1. The summed E-state index contributed by atoms with van der Waals surface area (Å²) in [4.78, 5) is 32.8. The molecule has 0 saturated heterocycles. The van der Waals surface area contributed by atoms with Gasteiger partial charge in [-0.05, 0) is 48.4 Å². The van der Waals surface area contributed by atoms with Gasteiger partial charge in [-0.1, -0.05) is 36.4 Å². The Kier molecular flexibility index (Phi) is 5.82. The van der Waals surface area contributed by atoms with Crippen LogP contribution in [0.4, 0.5) is 5.69 Å². The molecule has 0 aliphatic rings. The maximum Gasteiger partial charge on any atom is 0.261 e. The minimum Gasteiger partial charge on any atom is -0.383 e. The largest absolute Gasteiger partial charge is 0.383 e. The number of benzene rings is 2. The van der Waals surface area contributed by atoms with Crippen LogP contribution < -0.4 is 10.9 Å². The lowest BCUT2D eigenvalue weighted by Crippen LogP contribution is -2.18. The van der Waals surface area contributed by atoms with Gasteiger partial charge in [-0.25, -0.2) is 9.97 Å². The van der Waals surface area contributed by atoms with Crippen LogP contribution in [0.3, 0.4) is 0 Å². The fourth-order valence-corrected chi connectivity index (χ4v) is 4.68. The zero-order chi connectivity index (χ0) is 25.2. The van der Waals surface area contributed by atoms with E-state index < -0.39 is 0 Å². The standard InChI is InChI=1S/C29H25N7O/c1-19-15-21(36-14-13-30-18-36)16-25-27(19)35-28(34-25)26-24(10-12-32-29(26)37)33-17-22(20-7-3-2-4-8-20)23-9-5-6-11-31-23/h2-16,18,22H,17H2,1H3,(H,34,35)(H2,32,33,37). The molecule has 0 spiro atoms.